The van der Waals surface area contributed by atoms with Crippen LogP contribution in [0.3, 0.4) is 0 Å². The van der Waals surface area contributed by atoms with Crippen LogP contribution in [0, 0.1) is 10.1 Å². The number of aromatic nitrogens is 3. The number of fused-ring (bicyclic) bond motifs is 3. The van der Waals surface area contributed by atoms with E-state index in [4.69, 9.17) is 4.74 Å². The van der Waals surface area contributed by atoms with Crippen LogP contribution in [0.1, 0.15) is 17.4 Å². The molecule has 0 saturated heterocycles. The van der Waals surface area contributed by atoms with E-state index in [1.54, 1.807) is 19.2 Å². The number of rotatable bonds is 4. The first-order valence-corrected chi connectivity index (χ1v) is 10.8. The molecule has 172 valence electrons. The molecule has 4 aromatic rings. The van der Waals surface area contributed by atoms with Crippen LogP contribution >= 0.6 is 0 Å². The van der Waals surface area contributed by atoms with Crippen LogP contribution in [0.15, 0.2) is 70.3 Å². The smallest absolute Gasteiger partial charge is 0.331 e. The Labute approximate surface area is 193 Å². The van der Waals surface area contributed by atoms with E-state index in [9.17, 15) is 19.7 Å². The number of aryl methyl sites for hydroxylation is 1. The first-order valence-electron chi connectivity index (χ1n) is 10.8. The molecule has 0 unspecified atom stereocenters. The molecular weight excluding hydrogens is 436 g/mol. The van der Waals surface area contributed by atoms with Crippen LogP contribution in [-0.4, -0.2) is 25.2 Å². The van der Waals surface area contributed by atoms with Crippen molar-refractivity contribution in [3.05, 3.63) is 103 Å². The fourth-order valence-corrected chi connectivity index (χ4v) is 4.59. The van der Waals surface area contributed by atoms with Gasteiger partial charge in [-0.05, 0) is 11.6 Å². The summed E-state index contributed by atoms with van der Waals surface area (Å²) in [4.78, 5) is 37.2. The lowest BCUT2D eigenvalue weighted by Crippen LogP contribution is -2.37. The average Bonchev–Trinajstić information content (AvgIpc) is 3.21. The molecule has 0 fully saturated rings. The third kappa shape index (κ3) is 3.37. The Kier molecular flexibility index (Phi) is 5.25. The maximum absolute atomic E-state index is 13.4. The molecule has 0 spiro atoms. The molecule has 2 aromatic carbocycles. The molecule has 5 rings (SSSR count). The van der Waals surface area contributed by atoms with E-state index < -0.39 is 22.3 Å². The monoisotopic (exact) mass is 458 g/mol. The van der Waals surface area contributed by atoms with Crippen LogP contribution in [0.4, 0.5) is 5.69 Å². The predicted molar refractivity (Wildman–Crippen MR) is 129 cm³/mol. The van der Waals surface area contributed by atoms with Crippen molar-refractivity contribution in [3.8, 4) is 11.3 Å². The zero-order valence-corrected chi connectivity index (χ0v) is 18.7. The summed E-state index contributed by atoms with van der Waals surface area (Å²) in [5.41, 5.74) is 2.24. The van der Waals surface area contributed by atoms with Crippen molar-refractivity contribution in [1.82, 2.24) is 13.7 Å². The normalized spacial score (nSPS) is 15.6. The van der Waals surface area contributed by atoms with Gasteiger partial charge in [-0.25, -0.2) is 4.79 Å². The zero-order chi connectivity index (χ0) is 24.0. The van der Waals surface area contributed by atoms with Crippen molar-refractivity contribution in [2.24, 2.45) is 14.1 Å². The Morgan fingerprint density at radius 2 is 1.82 bits per heavy atom. The van der Waals surface area contributed by atoms with Gasteiger partial charge in [0.15, 0.2) is 0 Å². The highest BCUT2D eigenvalue weighted by Crippen LogP contribution is 2.39. The fraction of sp³-hybridized carbons (Fsp3) is 0.200. The van der Waals surface area contributed by atoms with E-state index in [1.165, 1.54) is 23.7 Å². The molecule has 0 amide bonds. The van der Waals surface area contributed by atoms with Crippen molar-refractivity contribution in [1.29, 1.82) is 0 Å². The van der Waals surface area contributed by atoms with E-state index in [0.29, 0.717) is 41.0 Å². The summed E-state index contributed by atoms with van der Waals surface area (Å²) in [6.07, 6.45) is 3.33. The predicted octanol–water partition coefficient (Wildman–Crippen LogP) is 3.40. The molecule has 0 saturated carbocycles. The minimum Gasteiger partial charge on any atom is -0.366 e. The van der Waals surface area contributed by atoms with Gasteiger partial charge in [-0.1, -0.05) is 48.5 Å². The largest absolute Gasteiger partial charge is 0.366 e. The minimum atomic E-state index is -0.512. The summed E-state index contributed by atoms with van der Waals surface area (Å²) in [5, 5.41) is 11.8. The molecule has 9 heteroatoms. The standard InChI is InChI=1S/C25H22N4O5/c1-26-23-20(24(30)27(2)25(26)31)21(17-9-6-10-18(15-17)29(32)33)28-13-14-34-19(22(23)28)12-11-16-7-4-3-5-8-16/h3-12,15,19H,13-14H2,1-2H3/b12-11+/t19-/m0/s1. The number of benzene rings is 2. The maximum Gasteiger partial charge on any atom is 0.331 e. The Bertz CT molecular complexity index is 1580. The second-order valence-electron chi connectivity index (χ2n) is 8.18. The highest BCUT2D eigenvalue weighted by Gasteiger charge is 2.31. The van der Waals surface area contributed by atoms with Crippen LogP contribution < -0.4 is 11.2 Å². The fourth-order valence-electron chi connectivity index (χ4n) is 4.59. The van der Waals surface area contributed by atoms with Gasteiger partial charge >= 0.3 is 5.69 Å². The molecule has 0 N–H and O–H groups in total. The molecule has 0 aliphatic carbocycles. The third-order valence-electron chi connectivity index (χ3n) is 6.18. The number of nitro groups is 1. The van der Waals surface area contributed by atoms with E-state index >= 15 is 0 Å². The van der Waals surface area contributed by atoms with E-state index in [1.807, 2.05) is 47.1 Å². The second-order valence-corrected chi connectivity index (χ2v) is 8.18. The maximum atomic E-state index is 13.4. The molecule has 9 nitrogen and oxygen atoms in total. The SMILES string of the molecule is Cn1c(=O)c2c(-c3cccc([N+](=O)[O-])c3)n3c(c2n(C)c1=O)[C@H](/C=C/c1ccccc1)OCC3. The highest BCUT2D eigenvalue weighted by atomic mass is 16.6. The summed E-state index contributed by atoms with van der Waals surface area (Å²) < 4.78 is 10.5. The Morgan fingerprint density at radius 3 is 2.56 bits per heavy atom. The lowest BCUT2D eigenvalue weighted by molar-refractivity contribution is -0.384. The molecule has 0 bridgehead atoms. The van der Waals surface area contributed by atoms with Gasteiger partial charge in [0.25, 0.3) is 11.2 Å². The summed E-state index contributed by atoms with van der Waals surface area (Å²) in [6, 6.07) is 15.9. The van der Waals surface area contributed by atoms with Crippen LogP contribution in [0.25, 0.3) is 28.2 Å². The number of non-ortho nitro benzene ring substituents is 1. The van der Waals surface area contributed by atoms with Gasteiger partial charge in [-0.3, -0.25) is 24.0 Å². The third-order valence-corrected chi connectivity index (χ3v) is 6.18. The summed E-state index contributed by atoms with van der Waals surface area (Å²) in [5.74, 6) is 0. The topological polar surface area (TPSA) is 101 Å². The van der Waals surface area contributed by atoms with Crippen molar-refractivity contribution >= 4 is 22.7 Å². The number of hydrogen-bond acceptors (Lipinski definition) is 5. The highest BCUT2D eigenvalue weighted by molar-refractivity contribution is 5.96. The molecule has 0 radical (unpaired) electrons. The lowest BCUT2D eigenvalue weighted by atomic mass is 10.1. The molecular formula is C25H22N4O5. The van der Waals surface area contributed by atoms with Gasteiger partial charge in [0, 0.05) is 38.3 Å². The van der Waals surface area contributed by atoms with Crippen LogP contribution in [-0.2, 0) is 25.4 Å². The number of nitrogens with zero attached hydrogens (tertiary/aromatic N) is 4. The number of hydrogen-bond donors (Lipinski definition) is 0. The lowest BCUT2D eigenvalue weighted by Gasteiger charge is -2.25. The van der Waals surface area contributed by atoms with Gasteiger partial charge in [-0.2, -0.15) is 0 Å². The molecule has 2 aromatic heterocycles. The second kappa shape index (κ2) is 8.27. The summed E-state index contributed by atoms with van der Waals surface area (Å²) in [6.45, 7) is 0.822. The number of ether oxygens (including phenoxy) is 1. The molecule has 1 aliphatic rings. The minimum absolute atomic E-state index is 0.0737. The van der Waals surface area contributed by atoms with E-state index in [-0.39, 0.29) is 5.69 Å². The molecule has 3 heterocycles. The van der Waals surface area contributed by atoms with E-state index in [2.05, 4.69) is 0 Å². The number of nitro benzene ring substituents is 1. The van der Waals surface area contributed by atoms with Gasteiger partial charge in [0.1, 0.15) is 6.10 Å². The Morgan fingerprint density at radius 1 is 1.06 bits per heavy atom. The zero-order valence-electron chi connectivity index (χ0n) is 18.7. The van der Waals surface area contributed by atoms with Crippen LogP contribution in [0.5, 0.6) is 0 Å². The quantitative estimate of drug-likeness (QED) is 0.345. The van der Waals surface area contributed by atoms with Gasteiger partial charge in [0.05, 0.1) is 33.8 Å². The summed E-state index contributed by atoms with van der Waals surface area (Å²) in [7, 11) is 3.05. The average molecular weight is 458 g/mol. The first-order chi connectivity index (χ1) is 16.4. The Balaban J connectivity index is 1.83. The van der Waals surface area contributed by atoms with Crippen molar-refractivity contribution < 1.29 is 9.66 Å². The van der Waals surface area contributed by atoms with Gasteiger partial charge in [0.2, 0.25) is 0 Å². The van der Waals surface area contributed by atoms with Crippen LogP contribution in [0.2, 0.25) is 0 Å². The molecule has 1 aliphatic heterocycles. The van der Waals surface area contributed by atoms with Gasteiger partial charge < -0.3 is 9.30 Å². The first kappa shape index (κ1) is 21.6. The van der Waals surface area contributed by atoms with Crippen molar-refractivity contribution in [3.63, 3.8) is 0 Å². The van der Waals surface area contributed by atoms with Gasteiger partial charge in [-0.15, -0.1) is 0 Å². The van der Waals surface area contributed by atoms with Crippen molar-refractivity contribution in [2.75, 3.05) is 6.61 Å². The van der Waals surface area contributed by atoms with Crippen molar-refractivity contribution in [2.45, 2.75) is 12.6 Å². The van der Waals surface area contributed by atoms with E-state index in [0.717, 1.165) is 10.1 Å². The Hall–Kier alpha value is -4.24. The summed E-state index contributed by atoms with van der Waals surface area (Å²) >= 11 is 0. The molecule has 34 heavy (non-hydrogen) atoms. The molecule has 1 atom stereocenters.